The van der Waals surface area contributed by atoms with Crippen molar-refractivity contribution >= 4 is 22.6 Å². The highest BCUT2D eigenvalue weighted by molar-refractivity contribution is 14.1. The van der Waals surface area contributed by atoms with Crippen molar-refractivity contribution in [1.82, 2.24) is 0 Å². The Labute approximate surface area is 42.6 Å². The van der Waals surface area contributed by atoms with Gasteiger partial charge < -0.3 is 0 Å². The van der Waals surface area contributed by atoms with Crippen LogP contribution in [-0.4, -0.2) is 0 Å². The van der Waals surface area contributed by atoms with Crippen molar-refractivity contribution in [2.45, 2.75) is 0 Å². The van der Waals surface area contributed by atoms with E-state index in [1.807, 2.05) is 0 Å². The van der Waals surface area contributed by atoms with Crippen LogP contribution in [0.25, 0.3) is 0 Å². The minimum atomic E-state index is -1.38. The normalized spacial score (nSPS) is 12.0. The molecule has 29 valence electrons. The lowest BCUT2D eigenvalue weighted by atomic mass is 11.1. The monoisotopic (exact) mass is 187 g/mol. The molecule has 0 aliphatic rings. The van der Waals surface area contributed by atoms with Gasteiger partial charge in [0, 0.05) is 0 Å². The van der Waals surface area contributed by atoms with E-state index in [1.165, 1.54) is 22.6 Å². The van der Waals surface area contributed by atoms with Gasteiger partial charge in [-0.25, -0.2) is 0 Å². The lowest BCUT2D eigenvalue weighted by Crippen LogP contribution is -1.50. The first-order chi connectivity index (χ1) is 2.27. The number of hydrogen-bond donors (Lipinski definition) is 0. The van der Waals surface area contributed by atoms with Gasteiger partial charge >= 0.3 is 6.01 Å². The minimum absolute atomic E-state index is 0.831. The second-order valence-corrected chi connectivity index (χ2v) is 1.04. The van der Waals surface area contributed by atoms with Crippen LogP contribution in [0, 0.1) is 0 Å². The molecule has 5 heavy (non-hydrogen) atoms. The van der Waals surface area contributed by atoms with Crippen molar-refractivity contribution in [3.05, 3.63) is 10.1 Å². The van der Waals surface area contributed by atoms with Crippen LogP contribution in [0.15, 0.2) is 10.1 Å². The lowest BCUT2D eigenvalue weighted by molar-refractivity contribution is 0.201. The van der Waals surface area contributed by atoms with Gasteiger partial charge in [-0.1, -0.05) is 0 Å². The van der Waals surface area contributed by atoms with Crippen molar-refractivity contribution in [2.24, 2.45) is 0 Å². The maximum absolute atomic E-state index is 10.7. The summed E-state index contributed by atoms with van der Waals surface area (Å²) >= 11 is 1.53. The van der Waals surface area contributed by atoms with E-state index in [2.05, 4.69) is 0 Å². The molecule has 1 nitrogen and oxygen atoms in total. The Kier molecular flexibility index (Phi) is 2.54. The number of halogens is 2. The van der Waals surface area contributed by atoms with Gasteiger partial charge in [0.2, 0.25) is 0 Å². The van der Waals surface area contributed by atoms with Crippen LogP contribution >= 0.6 is 22.6 Å². The summed E-state index contributed by atoms with van der Waals surface area (Å²) < 4.78 is 11.6. The molecule has 0 amide bonds. The minimum Gasteiger partial charge on any atom is -0.256 e. The third-order valence-electron chi connectivity index (χ3n) is 0.0858. The Morgan fingerprint density at radius 1 is 2.00 bits per heavy atom. The largest absolute Gasteiger partial charge is 0.330 e. The summed E-state index contributed by atoms with van der Waals surface area (Å²) in [5.74, 6) is 0. The van der Waals surface area contributed by atoms with Crippen molar-refractivity contribution in [2.75, 3.05) is 0 Å². The molecule has 0 aliphatic heterocycles. The molecule has 0 aromatic heterocycles. The van der Waals surface area contributed by atoms with E-state index >= 15 is 0 Å². The van der Waals surface area contributed by atoms with Gasteiger partial charge in [-0.05, 0) is 22.6 Å². The van der Waals surface area contributed by atoms with Gasteiger partial charge in [-0.3, -0.25) is 5.11 Å². The van der Waals surface area contributed by atoms with E-state index in [-0.39, 0.29) is 0 Å². The summed E-state index contributed by atoms with van der Waals surface area (Å²) in [4.78, 5) is 0. The highest BCUT2D eigenvalue weighted by atomic mass is 127. The van der Waals surface area contributed by atoms with E-state index in [1.54, 1.807) is 0 Å². The SMILES string of the molecule is [O]C(F)=CI. The van der Waals surface area contributed by atoms with Crippen LogP contribution in [0.2, 0.25) is 0 Å². The highest BCUT2D eigenvalue weighted by Gasteiger charge is 1.77. The molecule has 0 atom stereocenters. The summed E-state index contributed by atoms with van der Waals surface area (Å²) in [5, 5.41) is 9.08. The van der Waals surface area contributed by atoms with Crippen LogP contribution in [0.3, 0.4) is 0 Å². The third-order valence-corrected chi connectivity index (χ3v) is 0.575. The molecule has 0 N–H and O–H groups in total. The topological polar surface area (TPSA) is 19.9 Å². The van der Waals surface area contributed by atoms with Crippen LogP contribution in [0.4, 0.5) is 4.39 Å². The first-order valence-electron chi connectivity index (χ1n) is 0.900. The fourth-order valence-corrected chi connectivity index (χ4v) is 0. The van der Waals surface area contributed by atoms with Crippen LogP contribution < -0.4 is 0 Å². The summed E-state index contributed by atoms with van der Waals surface area (Å²) in [6.07, 6.45) is 0. The van der Waals surface area contributed by atoms with Gasteiger partial charge in [0.1, 0.15) is 0 Å². The smallest absolute Gasteiger partial charge is 0.256 e. The summed E-state index contributed by atoms with van der Waals surface area (Å²) in [6, 6.07) is -1.38. The van der Waals surface area contributed by atoms with E-state index in [0.29, 0.717) is 0 Å². The zero-order valence-electron chi connectivity index (χ0n) is 2.24. The summed E-state index contributed by atoms with van der Waals surface area (Å²) in [7, 11) is 0. The third kappa shape index (κ3) is 4.20. The van der Waals surface area contributed by atoms with E-state index in [4.69, 9.17) is 5.11 Å². The fourth-order valence-electron chi connectivity index (χ4n) is 0. The van der Waals surface area contributed by atoms with Gasteiger partial charge in [0.25, 0.3) is 0 Å². The van der Waals surface area contributed by atoms with Crippen molar-refractivity contribution in [3.8, 4) is 0 Å². The van der Waals surface area contributed by atoms with Crippen molar-refractivity contribution in [3.63, 3.8) is 0 Å². The standard InChI is InChI=1S/C2HFIO/c3-2(5)1-4/h1H. The molecule has 0 spiro atoms. The molecule has 1 radical (unpaired) electrons. The second kappa shape index (κ2) is 2.44. The molecule has 0 heterocycles. The van der Waals surface area contributed by atoms with Crippen molar-refractivity contribution in [1.29, 1.82) is 0 Å². The molecule has 0 saturated heterocycles. The molecule has 0 rings (SSSR count). The Bertz CT molecular complexity index is 47.6. The van der Waals surface area contributed by atoms with Crippen LogP contribution in [0.1, 0.15) is 0 Å². The Balaban J connectivity index is 3.14. The maximum atomic E-state index is 10.7. The van der Waals surface area contributed by atoms with E-state index < -0.39 is 6.01 Å². The molecule has 0 bridgehead atoms. The second-order valence-electron chi connectivity index (χ2n) is 0.413. The van der Waals surface area contributed by atoms with Gasteiger partial charge in [0.15, 0.2) is 0 Å². The summed E-state index contributed by atoms with van der Waals surface area (Å²) in [5.41, 5.74) is 0. The van der Waals surface area contributed by atoms with Crippen LogP contribution in [-0.2, 0) is 5.11 Å². The molecular formula is C2HFIO. The molecule has 3 heteroatoms. The number of rotatable bonds is 0. The molecule has 0 aromatic rings. The molecule has 0 aromatic carbocycles. The predicted molar refractivity (Wildman–Crippen MR) is 23.9 cm³/mol. The Morgan fingerprint density at radius 2 is 2.20 bits per heavy atom. The highest BCUT2D eigenvalue weighted by Crippen LogP contribution is 1.93. The predicted octanol–water partition coefficient (Wildman–Crippen LogP) is 1.62. The van der Waals surface area contributed by atoms with Crippen molar-refractivity contribution < 1.29 is 9.50 Å². The molecule has 0 saturated carbocycles. The lowest BCUT2D eigenvalue weighted by Gasteiger charge is -1.60. The number of hydrogen-bond acceptors (Lipinski definition) is 0. The van der Waals surface area contributed by atoms with Gasteiger partial charge in [-0.2, -0.15) is 4.39 Å². The first kappa shape index (κ1) is 5.20. The molecule has 0 unspecified atom stereocenters. The molecular weight excluding hydrogens is 186 g/mol. The first-order valence-corrected chi connectivity index (χ1v) is 2.15. The van der Waals surface area contributed by atoms with Gasteiger partial charge in [0.05, 0.1) is 4.08 Å². The van der Waals surface area contributed by atoms with E-state index in [9.17, 15) is 4.39 Å². The Hall–Kier alpha value is 0.200. The van der Waals surface area contributed by atoms with E-state index in [0.717, 1.165) is 4.08 Å². The van der Waals surface area contributed by atoms with Gasteiger partial charge in [-0.15, -0.1) is 0 Å². The molecule has 0 aliphatic carbocycles. The quantitative estimate of drug-likeness (QED) is 0.405. The summed E-state index contributed by atoms with van der Waals surface area (Å²) in [6.45, 7) is 0. The average Bonchev–Trinajstić information content (AvgIpc) is 1.38. The zero-order valence-corrected chi connectivity index (χ0v) is 4.40. The maximum Gasteiger partial charge on any atom is 0.330 e. The van der Waals surface area contributed by atoms with Crippen LogP contribution in [0.5, 0.6) is 0 Å². The zero-order chi connectivity index (χ0) is 4.28. The Morgan fingerprint density at radius 3 is 2.20 bits per heavy atom. The molecule has 0 fully saturated rings. The average molecular weight is 187 g/mol. The fraction of sp³-hybridized carbons (Fsp3) is 0.